The Hall–Kier alpha value is -1.06. The van der Waals surface area contributed by atoms with Gasteiger partial charge in [0.1, 0.15) is 5.82 Å². The molecule has 0 unspecified atom stereocenters. The Bertz CT molecular complexity index is 576. The van der Waals surface area contributed by atoms with Gasteiger partial charge in [-0.05, 0) is 37.6 Å². The highest BCUT2D eigenvalue weighted by atomic mass is 35.5. The molecule has 1 saturated heterocycles. The average molecular weight is 264 g/mol. The van der Waals surface area contributed by atoms with Gasteiger partial charge in [-0.1, -0.05) is 18.5 Å². The zero-order valence-electron chi connectivity index (χ0n) is 10.8. The molecule has 1 fully saturated rings. The van der Waals surface area contributed by atoms with E-state index in [1.807, 2.05) is 18.2 Å². The highest BCUT2D eigenvalue weighted by molar-refractivity contribution is 6.31. The van der Waals surface area contributed by atoms with Crippen LogP contribution in [0.5, 0.6) is 0 Å². The predicted molar refractivity (Wildman–Crippen MR) is 75.2 cm³/mol. The summed E-state index contributed by atoms with van der Waals surface area (Å²) in [7, 11) is 0. The van der Waals surface area contributed by atoms with E-state index in [0.717, 1.165) is 35.7 Å². The molecule has 1 aliphatic heterocycles. The maximum Gasteiger partial charge on any atom is 0.114 e. The van der Waals surface area contributed by atoms with Gasteiger partial charge in [-0.2, -0.15) is 0 Å². The van der Waals surface area contributed by atoms with Crippen LogP contribution in [0.25, 0.3) is 11.0 Å². The van der Waals surface area contributed by atoms with E-state index >= 15 is 0 Å². The molecular formula is C14H18ClN3. The Kier molecular flexibility index (Phi) is 3.04. The van der Waals surface area contributed by atoms with Crippen molar-refractivity contribution in [1.82, 2.24) is 14.9 Å². The Labute approximate surface area is 112 Å². The van der Waals surface area contributed by atoms with Crippen molar-refractivity contribution in [2.75, 3.05) is 13.1 Å². The number of imidazole rings is 1. The molecule has 2 atom stereocenters. The van der Waals surface area contributed by atoms with Gasteiger partial charge in [0.15, 0.2) is 0 Å². The molecule has 2 heterocycles. The fraction of sp³-hybridized carbons (Fsp3) is 0.500. The highest BCUT2D eigenvalue weighted by Gasteiger charge is 2.29. The summed E-state index contributed by atoms with van der Waals surface area (Å²) in [6.45, 7) is 7.50. The minimum Gasteiger partial charge on any atom is -0.328 e. The van der Waals surface area contributed by atoms with Crippen LogP contribution in [0.15, 0.2) is 18.2 Å². The second-order valence-electron chi connectivity index (χ2n) is 5.09. The van der Waals surface area contributed by atoms with Gasteiger partial charge in [0, 0.05) is 24.0 Å². The van der Waals surface area contributed by atoms with E-state index in [0.29, 0.717) is 11.8 Å². The number of fused-ring (bicyclic) bond motifs is 1. The first-order valence-electron chi connectivity index (χ1n) is 6.57. The topological polar surface area (TPSA) is 29.9 Å². The van der Waals surface area contributed by atoms with Gasteiger partial charge < -0.3 is 9.88 Å². The Morgan fingerprint density at radius 1 is 1.44 bits per heavy atom. The third-order valence-corrected chi connectivity index (χ3v) is 4.14. The molecule has 0 amide bonds. The standard InChI is InChI=1S/C14H18ClN3/c1-3-18-13-6-10(15)4-5-12(13)17-14(18)11-8-16-7-9(11)2/h4-6,9,11,16H,3,7-8H2,1-2H3/t9-,11-/m1/s1. The van der Waals surface area contributed by atoms with E-state index in [-0.39, 0.29) is 0 Å². The SMILES string of the molecule is CCn1c([C@@H]2CNC[C@H]2C)nc2ccc(Cl)cc21. The molecule has 3 nitrogen and oxygen atoms in total. The number of nitrogens with one attached hydrogen (secondary N) is 1. The number of halogens is 1. The van der Waals surface area contributed by atoms with Crippen molar-refractivity contribution in [3.05, 3.63) is 29.0 Å². The Morgan fingerprint density at radius 2 is 2.28 bits per heavy atom. The van der Waals surface area contributed by atoms with Crippen LogP contribution in [0.3, 0.4) is 0 Å². The predicted octanol–water partition coefficient (Wildman–Crippen LogP) is 3.03. The Balaban J connectivity index is 2.16. The summed E-state index contributed by atoms with van der Waals surface area (Å²) in [4.78, 5) is 4.82. The van der Waals surface area contributed by atoms with E-state index in [9.17, 15) is 0 Å². The van der Waals surface area contributed by atoms with Crippen molar-refractivity contribution in [2.45, 2.75) is 26.3 Å². The minimum absolute atomic E-state index is 0.510. The number of aryl methyl sites for hydroxylation is 1. The molecule has 1 N–H and O–H groups in total. The number of hydrogen-bond acceptors (Lipinski definition) is 2. The number of rotatable bonds is 2. The monoisotopic (exact) mass is 263 g/mol. The maximum absolute atomic E-state index is 6.09. The molecule has 0 radical (unpaired) electrons. The fourth-order valence-electron chi connectivity index (χ4n) is 2.89. The van der Waals surface area contributed by atoms with Gasteiger partial charge in [-0.15, -0.1) is 0 Å². The molecule has 0 aliphatic carbocycles. The molecule has 96 valence electrons. The van der Waals surface area contributed by atoms with E-state index < -0.39 is 0 Å². The maximum atomic E-state index is 6.09. The van der Waals surface area contributed by atoms with Crippen LogP contribution in [-0.2, 0) is 6.54 Å². The first kappa shape index (κ1) is 12.0. The van der Waals surface area contributed by atoms with E-state index in [2.05, 4.69) is 23.7 Å². The molecule has 3 rings (SSSR count). The first-order chi connectivity index (χ1) is 8.70. The van der Waals surface area contributed by atoms with E-state index in [1.54, 1.807) is 0 Å². The van der Waals surface area contributed by atoms with Gasteiger partial charge >= 0.3 is 0 Å². The molecule has 0 bridgehead atoms. The van der Waals surface area contributed by atoms with Crippen molar-refractivity contribution < 1.29 is 0 Å². The van der Waals surface area contributed by atoms with Crippen LogP contribution >= 0.6 is 11.6 Å². The minimum atomic E-state index is 0.510. The lowest BCUT2D eigenvalue weighted by Crippen LogP contribution is -2.14. The lowest BCUT2D eigenvalue weighted by atomic mass is 9.97. The quantitative estimate of drug-likeness (QED) is 0.903. The molecule has 4 heteroatoms. The van der Waals surface area contributed by atoms with Crippen LogP contribution < -0.4 is 5.32 Å². The summed E-state index contributed by atoms with van der Waals surface area (Å²) in [6, 6.07) is 5.95. The van der Waals surface area contributed by atoms with Gasteiger partial charge in [-0.25, -0.2) is 4.98 Å². The van der Waals surface area contributed by atoms with Crippen LogP contribution in [0, 0.1) is 5.92 Å². The molecule has 1 aromatic heterocycles. The molecule has 2 aromatic rings. The smallest absolute Gasteiger partial charge is 0.114 e. The zero-order valence-corrected chi connectivity index (χ0v) is 11.5. The second kappa shape index (κ2) is 4.56. The van der Waals surface area contributed by atoms with Crippen LogP contribution in [0.2, 0.25) is 5.02 Å². The van der Waals surface area contributed by atoms with Crippen molar-refractivity contribution in [1.29, 1.82) is 0 Å². The molecule has 18 heavy (non-hydrogen) atoms. The highest BCUT2D eigenvalue weighted by Crippen LogP contribution is 2.30. The van der Waals surface area contributed by atoms with Gasteiger partial charge in [-0.3, -0.25) is 0 Å². The molecule has 0 saturated carbocycles. The van der Waals surface area contributed by atoms with Crippen molar-refractivity contribution in [2.24, 2.45) is 5.92 Å². The number of aromatic nitrogens is 2. The largest absolute Gasteiger partial charge is 0.328 e. The normalized spacial score (nSPS) is 23.9. The number of nitrogens with zero attached hydrogens (tertiary/aromatic N) is 2. The number of hydrogen-bond donors (Lipinski definition) is 1. The Morgan fingerprint density at radius 3 is 2.94 bits per heavy atom. The third-order valence-electron chi connectivity index (χ3n) is 3.91. The van der Waals surface area contributed by atoms with Gasteiger partial charge in [0.05, 0.1) is 11.0 Å². The van der Waals surface area contributed by atoms with Crippen molar-refractivity contribution in [3.8, 4) is 0 Å². The fourth-order valence-corrected chi connectivity index (χ4v) is 3.05. The third kappa shape index (κ3) is 1.82. The van der Waals surface area contributed by atoms with Crippen molar-refractivity contribution in [3.63, 3.8) is 0 Å². The summed E-state index contributed by atoms with van der Waals surface area (Å²) in [5.74, 6) is 2.35. The van der Waals surface area contributed by atoms with Gasteiger partial charge in [0.25, 0.3) is 0 Å². The summed E-state index contributed by atoms with van der Waals surface area (Å²) in [5.41, 5.74) is 2.20. The lowest BCUT2D eigenvalue weighted by molar-refractivity contribution is 0.522. The van der Waals surface area contributed by atoms with Gasteiger partial charge in [0.2, 0.25) is 0 Å². The average Bonchev–Trinajstić information content (AvgIpc) is 2.91. The summed E-state index contributed by atoms with van der Waals surface area (Å²) in [5, 5.41) is 4.23. The molecule has 1 aromatic carbocycles. The summed E-state index contributed by atoms with van der Waals surface area (Å²) < 4.78 is 2.30. The first-order valence-corrected chi connectivity index (χ1v) is 6.95. The van der Waals surface area contributed by atoms with Crippen LogP contribution in [0.1, 0.15) is 25.6 Å². The zero-order chi connectivity index (χ0) is 12.7. The van der Waals surface area contributed by atoms with E-state index in [4.69, 9.17) is 16.6 Å². The lowest BCUT2D eigenvalue weighted by Gasteiger charge is -2.15. The van der Waals surface area contributed by atoms with E-state index in [1.165, 1.54) is 5.82 Å². The van der Waals surface area contributed by atoms with Crippen molar-refractivity contribution >= 4 is 22.6 Å². The molecule has 1 aliphatic rings. The molecule has 0 spiro atoms. The van der Waals surface area contributed by atoms with Crippen LogP contribution in [-0.4, -0.2) is 22.6 Å². The number of benzene rings is 1. The second-order valence-corrected chi connectivity index (χ2v) is 5.53. The molecular weight excluding hydrogens is 246 g/mol. The van der Waals surface area contributed by atoms with Crippen LogP contribution in [0.4, 0.5) is 0 Å². The summed E-state index contributed by atoms with van der Waals surface area (Å²) >= 11 is 6.09. The summed E-state index contributed by atoms with van der Waals surface area (Å²) in [6.07, 6.45) is 0.